The Morgan fingerprint density at radius 2 is 1.01 bits per heavy atom. The summed E-state index contributed by atoms with van der Waals surface area (Å²) in [5.74, 6) is -8.22. The number of carboxylic acid groups (broad SMARTS) is 1. The highest BCUT2D eigenvalue weighted by atomic mass is 16.4. The molecule has 0 aliphatic rings. The van der Waals surface area contributed by atoms with Gasteiger partial charge in [-0.05, 0) is 60.4 Å². The third-order valence-corrected chi connectivity index (χ3v) is 12.4. The molecule has 1 aromatic heterocycles. The number of imidazole rings is 1. The molecule has 0 aliphatic carbocycles. The number of rotatable bonds is 30. The molecule has 8 amide bonds. The fourth-order valence-electron chi connectivity index (χ4n) is 7.90. The van der Waals surface area contributed by atoms with Gasteiger partial charge in [-0.2, -0.15) is 0 Å². The molecule has 1 heterocycles. The average molecular weight is 1040 g/mol. The molecule has 4 aromatic rings. The van der Waals surface area contributed by atoms with Crippen LogP contribution < -0.4 is 48.7 Å². The molecule has 14 N–H and O–H groups in total. The van der Waals surface area contributed by atoms with Gasteiger partial charge < -0.3 is 63.9 Å². The summed E-state index contributed by atoms with van der Waals surface area (Å²) >= 11 is 0. The number of aromatic hydroxyl groups is 1. The Morgan fingerprint density at radius 1 is 0.573 bits per heavy atom. The molecule has 0 saturated carbocycles. The molecule has 0 unspecified atom stereocenters. The van der Waals surface area contributed by atoms with E-state index < -0.39 is 114 Å². The summed E-state index contributed by atoms with van der Waals surface area (Å²) in [6, 6.07) is 12.6. The van der Waals surface area contributed by atoms with Crippen molar-refractivity contribution in [1.82, 2.24) is 47.2 Å². The van der Waals surface area contributed by atoms with E-state index in [4.69, 9.17) is 11.5 Å². The number of H-pyrrole nitrogens is 1. The minimum atomic E-state index is -1.56. The average Bonchev–Trinajstić information content (AvgIpc) is 3.89. The van der Waals surface area contributed by atoms with Crippen LogP contribution >= 0.6 is 0 Å². The summed E-state index contributed by atoms with van der Waals surface area (Å²) in [7, 11) is 0. The zero-order valence-electron chi connectivity index (χ0n) is 42.8. The number of aromatic nitrogens is 2. The lowest BCUT2D eigenvalue weighted by Gasteiger charge is -2.28. The summed E-state index contributed by atoms with van der Waals surface area (Å²) in [5, 5.41) is 38.3. The Balaban J connectivity index is 1.65. The Kier molecular flexibility index (Phi) is 23.4. The topological polar surface area (TPSA) is 359 Å². The zero-order chi connectivity index (χ0) is 55.2. The number of nitrogens with one attached hydrogen (secondary N) is 8. The highest BCUT2D eigenvalue weighted by Gasteiger charge is 2.35. The molecule has 0 fully saturated rings. The first-order chi connectivity index (χ1) is 35.6. The van der Waals surface area contributed by atoms with Crippen molar-refractivity contribution in [2.45, 2.75) is 134 Å². The second kappa shape index (κ2) is 29.5. The maximum atomic E-state index is 14.5. The first-order valence-electron chi connectivity index (χ1n) is 24.9. The van der Waals surface area contributed by atoms with E-state index in [-0.39, 0.29) is 43.8 Å². The van der Waals surface area contributed by atoms with E-state index in [0.717, 1.165) is 0 Å². The third-order valence-electron chi connectivity index (χ3n) is 12.4. The minimum absolute atomic E-state index is 0.0473. The predicted octanol–water partition coefficient (Wildman–Crippen LogP) is 0.569. The van der Waals surface area contributed by atoms with Crippen LogP contribution in [0.15, 0.2) is 97.5 Å². The van der Waals surface area contributed by atoms with Crippen molar-refractivity contribution in [2.75, 3.05) is 0 Å². The first kappa shape index (κ1) is 59.4. The maximum absolute atomic E-state index is 14.5. The van der Waals surface area contributed by atoms with Gasteiger partial charge in [-0.25, -0.2) is 9.78 Å². The van der Waals surface area contributed by atoms with Crippen molar-refractivity contribution in [3.63, 3.8) is 0 Å². The van der Waals surface area contributed by atoms with Gasteiger partial charge in [0.1, 0.15) is 48.0 Å². The number of benzene rings is 3. The van der Waals surface area contributed by atoms with Gasteiger partial charge in [0.25, 0.3) is 0 Å². The van der Waals surface area contributed by atoms with Crippen molar-refractivity contribution in [3.8, 4) is 5.75 Å². The Bertz CT molecular complexity index is 2530. The lowest BCUT2D eigenvalue weighted by atomic mass is 9.97. The highest BCUT2D eigenvalue weighted by Crippen LogP contribution is 2.15. The van der Waals surface area contributed by atoms with Gasteiger partial charge in [-0.15, -0.1) is 0 Å². The number of hydrogen-bond acceptors (Lipinski definition) is 12. The number of aliphatic carboxylic acids is 1. The van der Waals surface area contributed by atoms with Gasteiger partial charge >= 0.3 is 5.97 Å². The Hall–Kier alpha value is -8.14. The van der Waals surface area contributed by atoms with E-state index in [1.807, 2.05) is 13.8 Å². The van der Waals surface area contributed by atoms with Crippen LogP contribution in [0.5, 0.6) is 5.75 Å². The number of amides is 8. The molecular weight excluding hydrogens is 967 g/mol. The van der Waals surface area contributed by atoms with Crippen LogP contribution in [-0.4, -0.2) is 122 Å². The van der Waals surface area contributed by atoms with Gasteiger partial charge in [-0.3, -0.25) is 38.4 Å². The second-order valence-corrected chi connectivity index (χ2v) is 19.0. The summed E-state index contributed by atoms with van der Waals surface area (Å²) < 4.78 is 0. The minimum Gasteiger partial charge on any atom is -0.508 e. The van der Waals surface area contributed by atoms with Gasteiger partial charge in [0.05, 0.1) is 12.4 Å². The van der Waals surface area contributed by atoms with E-state index in [1.54, 1.807) is 74.5 Å². The number of aromatic amines is 1. The van der Waals surface area contributed by atoms with Crippen LogP contribution in [0.2, 0.25) is 0 Å². The normalized spacial score (nSPS) is 14.7. The van der Waals surface area contributed by atoms with Crippen molar-refractivity contribution in [3.05, 3.63) is 120 Å². The highest BCUT2D eigenvalue weighted by molar-refractivity contribution is 5.98. The van der Waals surface area contributed by atoms with Crippen molar-refractivity contribution in [2.24, 2.45) is 23.3 Å². The summed E-state index contributed by atoms with van der Waals surface area (Å²) in [6.45, 7) is 8.65. The lowest BCUT2D eigenvalue weighted by molar-refractivity contribution is -0.144. The molecule has 22 nitrogen and oxygen atoms in total. The molecule has 22 heteroatoms. The molecule has 4 rings (SSSR count). The van der Waals surface area contributed by atoms with Gasteiger partial charge in [0, 0.05) is 44.0 Å². The number of nitrogens with two attached hydrogens (primary N) is 2. The molecular formula is C53H71N11O11. The Labute approximate surface area is 435 Å². The molecule has 0 aliphatic heterocycles. The van der Waals surface area contributed by atoms with Crippen LogP contribution in [0.4, 0.5) is 0 Å². The monoisotopic (exact) mass is 1040 g/mol. The molecule has 75 heavy (non-hydrogen) atoms. The van der Waals surface area contributed by atoms with Crippen LogP contribution in [-0.2, 0) is 68.8 Å². The number of carboxylic acids is 1. The third kappa shape index (κ3) is 20.0. The largest absolute Gasteiger partial charge is 0.508 e. The number of nitrogens with zero attached hydrogens (tertiary/aromatic N) is 1. The zero-order valence-corrected chi connectivity index (χ0v) is 42.8. The fourth-order valence-corrected chi connectivity index (χ4v) is 7.90. The molecule has 0 bridgehead atoms. The smallest absolute Gasteiger partial charge is 0.326 e. The van der Waals surface area contributed by atoms with Crippen LogP contribution in [0.25, 0.3) is 0 Å². The van der Waals surface area contributed by atoms with E-state index in [1.165, 1.54) is 43.7 Å². The second-order valence-electron chi connectivity index (χ2n) is 19.0. The molecule has 9 atom stereocenters. The molecule has 404 valence electrons. The molecule has 0 radical (unpaired) electrons. The number of phenolic OH excluding ortho intramolecular Hbond substituents is 1. The van der Waals surface area contributed by atoms with Crippen LogP contribution in [0.3, 0.4) is 0 Å². The van der Waals surface area contributed by atoms with Gasteiger partial charge in [0.2, 0.25) is 47.3 Å². The van der Waals surface area contributed by atoms with Crippen molar-refractivity contribution < 1.29 is 53.4 Å². The van der Waals surface area contributed by atoms with E-state index in [0.29, 0.717) is 35.2 Å². The molecule has 3 aromatic carbocycles. The molecule has 0 saturated heterocycles. The van der Waals surface area contributed by atoms with Crippen molar-refractivity contribution >= 4 is 53.2 Å². The first-order valence-corrected chi connectivity index (χ1v) is 24.9. The number of hydrogen-bond donors (Lipinski definition) is 12. The Morgan fingerprint density at radius 3 is 1.45 bits per heavy atom. The number of carbonyl (C=O) groups excluding carboxylic acids is 8. The van der Waals surface area contributed by atoms with Gasteiger partial charge in [-0.1, -0.05) is 107 Å². The lowest BCUT2D eigenvalue weighted by Crippen LogP contribution is -2.61. The number of primary amides is 1. The van der Waals surface area contributed by atoms with Crippen LogP contribution in [0.1, 0.15) is 82.7 Å². The maximum Gasteiger partial charge on any atom is 0.326 e. The SMILES string of the molecule is CC[C@H](C)[C@H](NC(=O)[C@H](Cc1ccc(O)cc1)NC(=O)[C@H](Cc1ccccc1)NC(=O)[C@H](CCC(N)=O)NC(=O)[C@H](Cc1cnc[nH]1)NC(=O)[C@H](Cc1ccccc1)NC(=O)[C@H](C)NC(=O)[C@@H](N)CC(C)C)C(=O)O. The van der Waals surface area contributed by atoms with E-state index >= 15 is 0 Å². The standard InChI is InChI=1S/C53H71N11O11/c1-6-31(4)45(53(74)75)64-52(73)42(26-35-17-19-37(65)20-18-35)62-50(71)41(25-34-15-11-8-12-16-34)61-48(69)39(21-22-44(55)66)59-51(72)43(27-36-28-56-29-57-36)63-49(70)40(24-33-13-9-7-10-14-33)60-46(67)32(5)58-47(68)38(54)23-30(2)3/h7-20,28-32,38-43,45,65H,6,21-27,54H2,1-5H3,(H2,55,66)(H,56,57)(H,58,68)(H,59,72)(H,60,67)(H,61,69)(H,62,71)(H,63,70)(H,64,73)(H,74,75)/t31-,32-,38-,39-,40-,41-,42-,43-,45-/m0/s1. The van der Waals surface area contributed by atoms with Crippen LogP contribution in [0, 0.1) is 11.8 Å². The molecule has 0 spiro atoms. The summed E-state index contributed by atoms with van der Waals surface area (Å²) in [4.78, 5) is 129. The van der Waals surface area contributed by atoms with Crippen molar-refractivity contribution in [1.29, 1.82) is 0 Å². The quantitative estimate of drug-likeness (QED) is 0.0340. The van der Waals surface area contributed by atoms with E-state index in [9.17, 15) is 53.4 Å². The van der Waals surface area contributed by atoms with E-state index in [2.05, 4.69) is 47.2 Å². The summed E-state index contributed by atoms with van der Waals surface area (Å²) in [5.41, 5.74) is 13.7. The van der Waals surface area contributed by atoms with Gasteiger partial charge in [0.15, 0.2) is 0 Å². The fraction of sp³-hybridized carbons (Fsp3) is 0.434. The summed E-state index contributed by atoms with van der Waals surface area (Å²) in [6.07, 6.45) is 2.20. The number of carbonyl (C=O) groups is 9. The number of phenols is 1. The predicted molar refractivity (Wildman–Crippen MR) is 277 cm³/mol.